The van der Waals surface area contributed by atoms with Crippen LogP contribution in [0.4, 0.5) is 0 Å². The van der Waals surface area contributed by atoms with Gasteiger partial charge in [0.05, 0.1) is 18.2 Å². The molecule has 166 valence electrons. The van der Waals surface area contributed by atoms with E-state index in [-0.39, 0.29) is 29.3 Å². The van der Waals surface area contributed by atoms with Crippen molar-refractivity contribution in [3.05, 3.63) is 11.6 Å². The largest absolute Gasteiger partial charge is 0.478 e. The molecule has 1 aliphatic rings. The molecule has 0 aliphatic carbocycles. The van der Waals surface area contributed by atoms with E-state index in [4.69, 9.17) is 4.74 Å². The molecule has 1 fully saturated rings. The van der Waals surface area contributed by atoms with Crippen LogP contribution in [0, 0.1) is 5.92 Å². The number of hydrogen-bond acceptors (Lipinski definition) is 5. The molecular formula is C21H37N3O5. The molecule has 1 rings (SSSR count). The van der Waals surface area contributed by atoms with Crippen molar-refractivity contribution in [3.63, 3.8) is 0 Å². The van der Waals surface area contributed by atoms with Crippen LogP contribution in [0.3, 0.4) is 0 Å². The Morgan fingerprint density at radius 2 is 1.86 bits per heavy atom. The number of nitrogens with zero attached hydrogens (tertiary/aromatic N) is 2. The monoisotopic (exact) mass is 411 g/mol. The van der Waals surface area contributed by atoms with E-state index < -0.39 is 24.2 Å². The van der Waals surface area contributed by atoms with Crippen molar-refractivity contribution in [2.75, 3.05) is 27.7 Å². The molecule has 4 atom stereocenters. The summed E-state index contributed by atoms with van der Waals surface area (Å²) in [7, 11) is 5.05. The minimum Gasteiger partial charge on any atom is -0.478 e. The summed E-state index contributed by atoms with van der Waals surface area (Å²) in [5, 5.41) is 12.1. The summed E-state index contributed by atoms with van der Waals surface area (Å²) >= 11 is 0. The van der Waals surface area contributed by atoms with Gasteiger partial charge in [-0.05, 0) is 46.2 Å². The van der Waals surface area contributed by atoms with Crippen molar-refractivity contribution in [2.45, 2.75) is 71.2 Å². The maximum absolute atomic E-state index is 13.3. The van der Waals surface area contributed by atoms with Gasteiger partial charge in [0, 0.05) is 19.7 Å². The lowest BCUT2D eigenvalue weighted by molar-refractivity contribution is -0.142. The zero-order valence-electron chi connectivity index (χ0n) is 18.8. The minimum atomic E-state index is -1.02. The summed E-state index contributed by atoms with van der Waals surface area (Å²) in [4.78, 5) is 40.9. The van der Waals surface area contributed by atoms with Gasteiger partial charge >= 0.3 is 5.97 Å². The summed E-state index contributed by atoms with van der Waals surface area (Å²) in [6.07, 6.45) is 3.85. The lowest BCUT2D eigenvalue weighted by atomic mass is 9.98. The van der Waals surface area contributed by atoms with Gasteiger partial charge in [-0.15, -0.1) is 0 Å². The molecule has 1 aliphatic heterocycles. The van der Waals surface area contributed by atoms with E-state index >= 15 is 0 Å². The molecule has 1 heterocycles. The number of hydrogen-bond donors (Lipinski definition) is 2. The third-order valence-corrected chi connectivity index (χ3v) is 5.71. The second kappa shape index (κ2) is 11.3. The van der Waals surface area contributed by atoms with Crippen molar-refractivity contribution in [1.82, 2.24) is 15.1 Å². The topological polar surface area (TPSA) is 99.2 Å². The first kappa shape index (κ1) is 25.1. The number of carboxylic acids is 1. The van der Waals surface area contributed by atoms with Crippen molar-refractivity contribution in [2.24, 2.45) is 5.92 Å². The van der Waals surface area contributed by atoms with Gasteiger partial charge in [0.2, 0.25) is 11.8 Å². The smallest absolute Gasteiger partial charge is 0.331 e. The number of nitrogens with one attached hydrogen (secondary N) is 1. The molecule has 0 aromatic carbocycles. The maximum atomic E-state index is 13.3. The second-order valence-electron chi connectivity index (χ2n) is 8.26. The van der Waals surface area contributed by atoms with Gasteiger partial charge in [-0.1, -0.05) is 26.3 Å². The van der Waals surface area contributed by atoms with Gasteiger partial charge in [-0.25, -0.2) is 4.79 Å². The summed E-state index contributed by atoms with van der Waals surface area (Å²) < 4.78 is 5.37. The zero-order valence-corrected chi connectivity index (χ0v) is 18.8. The van der Waals surface area contributed by atoms with E-state index in [0.29, 0.717) is 0 Å². The van der Waals surface area contributed by atoms with Crippen molar-refractivity contribution < 1.29 is 24.2 Å². The lowest BCUT2D eigenvalue weighted by Crippen LogP contribution is -2.59. The van der Waals surface area contributed by atoms with Gasteiger partial charge in [0.1, 0.15) is 6.04 Å². The highest BCUT2D eigenvalue weighted by atomic mass is 16.5. The third-order valence-electron chi connectivity index (χ3n) is 5.71. The van der Waals surface area contributed by atoms with Crippen LogP contribution in [0.25, 0.3) is 0 Å². The molecule has 0 aromatic rings. The Bertz CT molecular complexity index is 619. The fraction of sp³-hybridized carbons (Fsp3) is 0.762. The zero-order chi connectivity index (χ0) is 22.3. The number of rotatable bonds is 9. The van der Waals surface area contributed by atoms with Crippen LogP contribution in [0.15, 0.2) is 11.6 Å². The van der Waals surface area contributed by atoms with Gasteiger partial charge in [0.25, 0.3) is 0 Å². The number of aliphatic carboxylic acids is 1. The number of carboxylic acid groups (broad SMARTS) is 1. The summed E-state index contributed by atoms with van der Waals surface area (Å²) in [5.41, 5.74) is 0.174. The van der Waals surface area contributed by atoms with Gasteiger partial charge in [-0.2, -0.15) is 0 Å². The van der Waals surface area contributed by atoms with Crippen molar-refractivity contribution in [3.8, 4) is 0 Å². The van der Waals surface area contributed by atoms with Crippen molar-refractivity contribution in [1.29, 1.82) is 0 Å². The Morgan fingerprint density at radius 3 is 2.34 bits per heavy atom. The quantitative estimate of drug-likeness (QED) is 0.558. The number of ether oxygens (including phenoxy) is 1. The lowest BCUT2D eigenvalue weighted by Gasteiger charge is -2.36. The van der Waals surface area contributed by atoms with Gasteiger partial charge in [-0.3, -0.25) is 14.5 Å². The first-order chi connectivity index (χ1) is 13.5. The summed E-state index contributed by atoms with van der Waals surface area (Å²) in [5.74, 6) is -1.51. The molecule has 0 aromatic heterocycles. The molecule has 0 radical (unpaired) electrons. The number of likely N-dealkylation sites (tertiary alicyclic amines) is 1. The fourth-order valence-corrected chi connectivity index (χ4v) is 3.62. The normalized spacial score (nSPS) is 21.4. The molecule has 2 N–H and O–H groups in total. The van der Waals surface area contributed by atoms with Crippen LogP contribution in [-0.4, -0.2) is 84.7 Å². The highest BCUT2D eigenvalue weighted by molar-refractivity contribution is 5.91. The van der Waals surface area contributed by atoms with Crippen LogP contribution in [-0.2, 0) is 19.1 Å². The number of piperidine rings is 1. The van der Waals surface area contributed by atoms with Crippen LogP contribution in [0.2, 0.25) is 0 Å². The molecule has 0 saturated carbocycles. The average molecular weight is 412 g/mol. The summed E-state index contributed by atoms with van der Waals surface area (Å²) in [6, 6.07) is -1.53. The molecule has 1 unspecified atom stereocenters. The van der Waals surface area contributed by atoms with Crippen LogP contribution >= 0.6 is 0 Å². The molecule has 1 saturated heterocycles. The first-order valence-corrected chi connectivity index (χ1v) is 10.2. The van der Waals surface area contributed by atoms with Crippen LogP contribution < -0.4 is 5.32 Å². The number of methoxy groups -OCH3 is 1. The SMILES string of the molecule is COC(C)[C@H](NC(=O)[C@H]1CCCCN1C)C(=O)N(C)[C@H](/C=C(\C)C(=O)O)C(C)C. The fourth-order valence-electron chi connectivity index (χ4n) is 3.62. The van der Waals surface area contributed by atoms with Crippen LogP contribution in [0.5, 0.6) is 0 Å². The Balaban J connectivity index is 3.06. The van der Waals surface area contributed by atoms with Gasteiger partial charge in [0.15, 0.2) is 0 Å². The second-order valence-corrected chi connectivity index (χ2v) is 8.26. The van der Waals surface area contributed by atoms with E-state index in [1.54, 1.807) is 20.0 Å². The van der Waals surface area contributed by atoms with Crippen LogP contribution in [0.1, 0.15) is 47.0 Å². The Kier molecular flexibility index (Phi) is 9.79. The first-order valence-electron chi connectivity index (χ1n) is 10.2. The standard InChI is InChI=1S/C21H37N3O5/c1-13(2)17(12-14(3)21(27)28)24(6)20(26)18(15(4)29-7)22-19(25)16-10-8-9-11-23(16)5/h12-13,15-18H,8-11H2,1-7H3,(H,22,25)(H,27,28)/b14-12+/t15?,16-,17-,18+/m1/s1. The molecule has 0 bridgehead atoms. The average Bonchev–Trinajstić information content (AvgIpc) is 2.68. The number of amides is 2. The summed E-state index contributed by atoms with van der Waals surface area (Å²) in [6.45, 7) is 7.94. The van der Waals surface area contributed by atoms with Gasteiger partial charge < -0.3 is 20.1 Å². The number of likely N-dealkylation sites (N-methyl/N-ethyl adjacent to an activating group) is 2. The molecule has 8 nitrogen and oxygen atoms in total. The molecular weight excluding hydrogens is 374 g/mol. The van der Waals surface area contributed by atoms with E-state index in [9.17, 15) is 19.5 Å². The molecule has 8 heteroatoms. The highest BCUT2D eigenvalue weighted by Crippen LogP contribution is 2.18. The Morgan fingerprint density at radius 1 is 1.24 bits per heavy atom. The number of carbonyl (C=O) groups excluding carboxylic acids is 2. The Hall–Kier alpha value is -1.93. The molecule has 0 spiro atoms. The maximum Gasteiger partial charge on any atom is 0.331 e. The Labute approximate surface area is 174 Å². The van der Waals surface area contributed by atoms with E-state index in [2.05, 4.69) is 5.32 Å². The number of carbonyl (C=O) groups is 3. The predicted octanol–water partition coefficient (Wildman–Crippen LogP) is 1.50. The third kappa shape index (κ3) is 6.82. The minimum absolute atomic E-state index is 0.00284. The highest BCUT2D eigenvalue weighted by Gasteiger charge is 2.35. The predicted molar refractivity (Wildman–Crippen MR) is 111 cm³/mol. The van der Waals surface area contributed by atoms with E-state index in [1.165, 1.54) is 18.9 Å². The van der Waals surface area contributed by atoms with E-state index in [0.717, 1.165) is 25.8 Å². The van der Waals surface area contributed by atoms with Crippen molar-refractivity contribution >= 4 is 17.8 Å². The molecule has 29 heavy (non-hydrogen) atoms. The molecule has 2 amide bonds. The van der Waals surface area contributed by atoms with E-state index in [1.807, 2.05) is 25.8 Å².